The molecule has 0 saturated carbocycles. The van der Waals surface area contributed by atoms with Crippen molar-refractivity contribution in [1.82, 2.24) is 0 Å². The van der Waals surface area contributed by atoms with E-state index in [1.807, 2.05) is 22.6 Å². The smallest absolute Gasteiger partial charge is 0.346 e. The number of halogens is 2. The van der Waals surface area contributed by atoms with Gasteiger partial charge in [-0.15, -0.1) is 11.3 Å². The average Bonchev–Trinajstić information content (AvgIpc) is 2.76. The lowest BCUT2D eigenvalue weighted by atomic mass is 10.2. The molecule has 0 aliphatic heterocycles. The van der Waals surface area contributed by atoms with Gasteiger partial charge in [-0.05, 0) is 57.8 Å². The molecule has 1 aromatic heterocycles. The summed E-state index contributed by atoms with van der Waals surface area (Å²) in [4.78, 5) is 11.3. The monoisotopic (exact) mass is 377 g/mol. The Bertz CT molecular complexity index is 585. The summed E-state index contributed by atoms with van der Waals surface area (Å²) in [5.41, 5.74) is 1.52. The minimum atomic E-state index is -0.921. The molecule has 2 N–H and O–H groups in total. The molecule has 0 amide bonds. The third kappa shape index (κ3) is 2.99. The van der Waals surface area contributed by atoms with E-state index in [9.17, 15) is 9.18 Å². The Labute approximate surface area is 121 Å². The van der Waals surface area contributed by atoms with E-state index >= 15 is 0 Å². The molecule has 0 unspecified atom stereocenters. The Balaban J connectivity index is 2.11. The van der Waals surface area contributed by atoms with Gasteiger partial charge in [-0.1, -0.05) is 0 Å². The molecule has 0 fully saturated rings. The molecule has 3 nitrogen and oxygen atoms in total. The largest absolute Gasteiger partial charge is 0.477 e. The number of nitrogens with one attached hydrogen (secondary N) is 1. The molecule has 94 valence electrons. The molecule has 0 radical (unpaired) electrons. The maximum Gasteiger partial charge on any atom is 0.346 e. The molecule has 0 atom stereocenters. The Morgan fingerprint density at radius 2 is 2.22 bits per heavy atom. The predicted octanol–water partition coefficient (Wildman–Crippen LogP) is 3.80. The zero-order valence-electron chi connectivity index (χ0n) is 9.11. The van der Waals surface area contributed by atoms with Gasteiger partial charge in [0.15, 0.2) is 0 Å². The van der Waals surface area contributed by atoms with Crippen LogP contribution >= 0.6 is 33.9 Å². The zero-order valence-corrected chi connectivity index (χ0v) is 12.1. The molecule has 1 aromatic carbocycles. The third-order valence-electron chi connectivity index (χ3n) is 2.34. The lowest BCUT2D eigenvalue weighted by molar-refractivity contribution is 0.0701. The Hall–Kier alpha value is -1.15. The Morgan fingerprint density at radius 3 is 2.89 bits per heavy atom. The molecule has 0 aliphatic carbocycles. The van der Waals surface area contributed by atoms with Crippen LogP contribution in [-0.4, -0.2) is 11.1 Å². The van der Waals surface area contributed by atoms with Gasteiger partial charge < -0.3 is 10.4 Å². The van der Waals surface area contributed by atoms with Crippen LogP contribution in [0.1, 0.15) is 15.2 Å². The molecule has 1 heterocycles. The number of carboxylic acid groups (broad SMARTS) is 1. The van der Waals surface area contributed by atoms with Crippen LogP contribution in [0.4, 0.5) is 10.1 Å². The zero-order chi connectivity index (χ0) is 13.1. The third-order valence-corrected chi connectivity index (χ3v) is 4.18. The lowest BCUT2D eigenvalue weighted by Gasteiger charge is -2.08. The number of benzene rings is 1. The van der Waals surface area contributed by atoms with E-state index in [2.05, 4.69) is 5.32 Å². The summed E-state index contributed by atoms with van der Waals surface area (Å²) in [6, 6.07) is 6.21. The van der Waals surface area contributed by atoms with E-state index in [0.717, 1.165) is 14.8 Å². The van der Waals surface area contributed by atoms with Crippen molar-refractivity contribution in [2.45, 2.75) is 6.54 Å². The van der Waals surface area contributed by atoms with Crippen LogP contribution in [0.3, 0.4) is 0 Å². The van der Waals surface area contributed by atoms with E-state index in [-0.39, 0.29) is 5.82 Å². The number of carboxylic acids is 1. The van der Waals surface area contributed by atoms with Gasteiger partial charge in [0, 0.05) is 15.8 Å². The van der Waals surface area contributed by atoms with Crippen molar-refractivity contribution in [3.8, 4) is 0 Å². The SMILES string of the molecule is O=C(O)c1sccc1CNc1ccc(F)cc1I. The number of rotatable bonds is 4. The summed E-state index contributed by atoms with van der Waals surface area (Å²) in [5, 5.41) is 13.8. The van der Waals surface area contributed by atoms with Crippen molar-refractivity contribution >= 4 is 45.6 Å². The van der Waals surface area contributed by atoms with E-state index < -0.39 is 5.97 Å². The van der Waals surface area contributed by atoms with Crippen LogP contribution in [0, 0.1) is 9.39 Å². The molecule has 0 spiro atoms. The first kappa shape index (κ1) is 13.3. The van der Waals surface area contributed by atoms with E-state index in [1.54, 1.807) is 17.5 Å². The van der Waals surface area contributed by atoms with Crippen molar-refractivity contribution in [1.29, 1.82) is 0 Å². The van der Waals surface area contributed by atoms with Crippen LogP contribution in [0.15, 0.2) is 29.6 Å². The second kappa shape index (κ2) is 5.66. The van der Waals surface area contributed by atoms with Gasteiger partial charge >= 0.3 is 5.97 Å². The van der Waals surface area contributed by atoms with Crippen LogP contribution in [-0.2, 0) is 6.54 Å². The van der Waals surface area contributed by atoms with Gasteiger partial charge in [0.05, 0.1) is 0 Å². The van der Waals surface area contributed by atoms with Gasteiger partial charge in [0.2, 0.25) is 0 Å². The van der Waals surface area contributed by atoms with Crippen LogP contribution in [0.5, 0.6) is 0 Å². The molecule has 6 heteroatoms. The van der Waals surface area contributed by atoms with Crippen molar-refractivity contribution in [3.05, 3.63) is 49.5 Å². The topological polar surface area (TPSA) is 49.3 Å². The highest BCUT2D eigenvalue weighted by molar-refractivity contribution is 14.1. The number of thiophene rings is 1. The number of anilines is 1. The van der Waals surface area contributed by atoms with E-state index in [1.165, 1.54) is 23.5 Å². The predicted molar refractivity (Wildman–Crippen MR) is 77.7 cm³/mol. The second-order valence-electron chi connectivity index (χ2n) is 3.56. The molecule has 0 saturated heterocycles. The first-order valence-corrected chi connectivity index (χ1v) is 7.02. The molecule has 2 rings (SSSR count). The van der Waals surface area contributed by atoms with Crippen molar-refractivity contribution in [2.24, 2.45) is 0 Å². The highest BCUT2D eigenvalue weighted by Gasteiger charge is 2.11. The van der Waals surface area contributed by atoms with Crippen molar-refractivity contribution in [3.63, 3.8) is 0 Å². The maximum atomic E-state index is 12.9. The van der Waals surface area contributed by atoms with Gasteiger partial charge in [0.1, 0.15) is 10.7 Å². The van der Waals surface area contributed by atoms with Crippen LogP contribution in [0.2, 0.25) is 0 Å². The molecule has 0 aliphatic rings. The number of carbonyl (C=O) groups is 1. The highest BCUT2D eigenvalue weighted by Crippen LogP contribution is 2.22. The molecule has 2 aromatic rings. The number of hydrogen-bond acceptors (Lipinski definition) is 3. The van der Waals surface area contributed by atoms with Gasteiger partial charge in [-0.2, -0.15) is 0 Å². The summed E-state index contributed by atoms with van der Waals surface area (Å²) >= 11 is 3.23. The fourth-order valence-electron chi connectivity index (χ4n) is 1.49. The van der Waals surface area contributed by atoms with Gasteiger partial charge in [0.25, 0.3) is 0 Å². The highest BCUT2D eigenvalue weighted by atomic mass is 127. The quantitative estimate of drug-likeness (QED) is 0.797. The molecular formula is C12H9FINO2S. The van der Waals surface area contributed by atoms with E-state index in [4.69, 9.17) is 5.11 Å². The van der Waals surface area contributed by atoms with Gasteiger partial charge in [-0.3, -0.25) is 0 Å². The summed E-state index contributed by atoms with van der Waals surface area (Å²) in [5.74, 6) is -1.21. The van der Waals surface area contributed by atoms with Crippen LogP contribution < -0.4 is 5.32 Å². The average molecular weight is 377 g/mol. The second-order valence-corrected chi connectivity index (χ2v) is 5.64. The first-order chi connectivity index (χ1) is 8.58. The molecule has 0 bridgehead atoms. The minimum absolute atomic E-state index is 0.285. The van der Waals surface area contributed by atoms with Crippen molar-refractivity contribution in [2.75, 3.05) is 5.32 Å². The lowest BCUT2D eigenvalue weighted by Crippen LogP contribution is -2.05. The maximum absolute atomic E-state index is 12.9. The first-order valence-electron chi connectivity index (χ1n) is 5.06. The summed E-state index contributed by atoms with van der Waals surface area (Å²) in [6.07, 6.45) is 0. The van der Waals surface area contributed by atoms with E-state index in [0.29, 0.717) is 11.4 Å². The summed E-state index contributed by atoms with van der Waals surface area (Å²) in [6.45, 7) is 0.409. The van der Waals surface area contributed by atoms with Gasteiger partial charge in [-0.25, -0.2) is 9.18 Å². The number of aromatic carboxylic acids is 1. The Kier molecular flexibility index (Phi) is 4.18. The Morgan fingerprint density at radius 1 is 1.44 bits per heavy atom. The minimum Gasteiger partial charge on any atom is -0.477 e. The fraction of sp³-hybridized carbons (Fsp3) is 0.0833. The normalized spacial score (nSPS) is 10.3. The fourth-order valence-corrected chi connectivity index (χ4v) is 2.91. The van der Waals surface area contributed by atoms with Crippen molar-refractivity contribution < 1.29 is 14.3 Å². The van der Waals surface area contributed by atoms with Crippen LogP contribution in [0.25, 0.3) is 0 Å². The standard InChI is InChI=1S/C12H9FINO2S/c13-8-1-2-10(9(14)5-8)15-6-7-3-4-18-11(7)12(16)17/h1-5,15H,6H2,(H,16,17). The molecular weight excluding hydrogens is 368 g/mol. The summed E-state index contributed by atoms with van der Waals surface area (Å²) < 4.78 is 13.7. The molecule has 18 heavy (non-hydrogen) atoms. The summed E-state index contributed by atoms with van der Waals surface area (Å²) in [7, 11) is 0. The number of hydrogen-bond donors (Lipinski definition) is 2.